The van der Waals surface area contributed by atoms with E-state index in [0.29, 0.717) is 45.6 Å². The molecule has 1 unspecified atom stereocenters. The van der Waals surface area contributed by atoms with Crippen molar-refractivity contribution in [3.05, 3.63) is 65.7 Å². The van der Waals surface area contributed by atoms with E-state index in [9.17, 15) is 19.8 Å². The molecule has 34 heavy (non-hydrogen) atoms. The van der Waals surface area contributed by atoms with Crippen LogP contribution >= 0.6 is 0 Å². The summed E-state index contributed by atoms with van der Waals surface area (Å²) in [5.74, 6) is -0.0497. The summed E-state index contributed by atoms with van der Waals surface area (Å²) < 4.78 is 5.91. The molecule has 182 valence electrons. The standard InChI is InChI=1S/C27H34N2O5/c30-25(28-16-18-29(19-17-28)26(31)32)24(27(33)14-5-2-6-15-27)22-9-11-23(12-10-22)34-20-13-21-7-3-1-4-8-21/h1,3-4,7-12,24,33H,2,5-6,13-20H2,(H,31,32). The van der Waals surface area contributed by atoms with E-state index in [0.717, 1.165) is 37.0 Å². The molecular weight excluding hydrogens is 432 g/mol. The minimum Gasteiger partial charge on any atom is -0.493 e. The molecule has 1 aliphatic heterocycles. The van der Waals surface area contributed by atoms with Gasteiger partial charge in [0.2, 0.25) is 5.91 Å². The monoisotopic (exact) mass is 466 g/mol. The van der Waals surface area contributed by atoms with Crippen LogP contribution in [-0.4, -0.2) is 70.4 Å². The molecule has 1 atom stereocenters. The van der Waals surface area contributed by atoms with Crippen molar-refractivity contribution >= 4 is 12.0 Å². The third-order valence-electron chi connectivity index (χ3n) is 7.08. The molecule has 1 aliphatic carbocycles. The van der Waals surface area contributed by atoms with Gasteiger partial charge in [0.05, 0.1) is 18.1 Å². The summed E-state index contributed by atoms with van der Waals surface area (Å²) in [5, 5.41) is 20.8. The Hall–Kier alpha value is -3.06. The van der Waals surface area contributed by atoms with Crippen molar-refractivity contribution in [1.29, 1.82) is 0 Å². The van der Waals surface area contributed by atoms with Gasteiger partial charge in [0.1, 0.15) is 5.75 Å². The summed E-state index contributed by atoms with van der Waals surface area (Å²) in [6, 6.07) is 17.7. The van der Waals surface area contributed by atoms with Crippen molar-refractivity contribution in [3.8, 4) is 5.75 Å². The molecule has 0 bridgehead atoms. The maximum atomic E-state index is 13.7. The highest BCUT2D eigenvalue weighted by atomic mass is 16.5. The first-order valence-electron chi connectivity index (χ1n) is 12.2. The van der Waals surface area contributed by atoms with Gasteiger partial charge in [-0.25, -0.2) is 4.79 Å². The van der Waals surface area contributed by atoms with E-state index in [1.54, 1.807) is 4.90 Å². The summed E-state index contributed by atoms with van der Waals surface area (Å²) in [4.78, 5) is 27.9. The zero-order valence-electron chi connectivity index (χ0n) is 19.6. The molecule has 1 saturated heterocycles. The molecule has 7 nitrogen and oxygen atoms in total. The van der Waals surface area contributed by atoms with Gasteiger partial charge in [0.15, 0.2) is 0 Å². The molecule has 7 heteroatoms. The zero-order valence-corrected chi connectivity index (χ0v) is 19.6. The van der Waals surface area contributed by atoms with Crippen LogP contribution in [0, 0.1) is 0 Å². The average molecular weight is 467 g/mol. The smallest absolute Gasteiger partial charge is 0.407 e. The van der Waals surface area contributed by atoms with Crippen LogP contribution in [0.5, 0.6) is 5.75 Å². The normalized spacial score (nSPS) is 18.9. The van der Waals surface area contributed by atoms with Gasteiger partial charge in [0, 0.05) is 32.6 Å². The quantitative estimate of drug-likeness (QED) is 0.646. The van der Waals surface area contributed by atoms with Crippen LogP contribution in [-0.2, 0) is 11.2 Å². The second kappa shape index (κ2) is 10.9. The van der Waals surface area contributed by atoms with Crippen molar-refractivity contribution in [1.82, 2.24) is 9.80 Å². The molecule has 2 aromatic rings. The maximum Gasteiger partial charge on any atom is 0.407 e. The van der Waals surface area contributed by atoms with Crippen LogP contribution in [0.15, 0.2) is 54.6 Å². The highest BCUT2D eigenvalue weighted by Crippen LogP contribution is 2.41. The van der Waals surface area contributed by atoms with E-state index in [1.165, 1.54) is 10.5 Å². The van der Waals surface area contributed by atoms with Gasteiger partial charge in [-0.3, -0.25) is 4.79 Å². The number of aliphatic hydroxyl groups is 1. The fourth-order valence-corrected chi connectivity index (χ4v) is 5.12. The van der Waals surface area contributed by atoms with Crippen molar-refractivity contribution in [3.63, 3.8) is 0 Å². The molecule has 1 heterocycles. The lowest BCUT2D eigenvalue weighted by Crippen LogP contribution is -2.54. The van der Waals surface area contributed by atoms with Gasteiger partial charge in [-0.2, -0.15) is 0 Å². The first-order valence-corrected chi connectivity index (χ1v) is 12.2. The number of carbonyl (C=O) groups is 2. The van der Waals surface area contributed by atoms with Gasteiger partial charge in [0.25, 0.3) is 0 Å². The molecule has 2 fully saturated rings. The van der Waals surface area contributed by atoms with Crippen LogP contribution in [0.4, 0.5) is 4.79 Å². The zero-order chi connectivity index (χ0) is 24.0. The number of amides is 2. The Kier molecular flexibility index (Phi) is 7.73. The molecule has 0 radical (unpaired) electrons. The fraction of sp³-hybridized carbons (Fsp3) is 0.481. The van der Waals surface area contributed by atoms with E-state index in [2.05, 4.69) is 12.1 Å². The number of hydrogen-bond acceptors (Lipinski definition) is 4. The molecular formula is C27H34N2O5. The number of benzene rings is 2. The van der Waals surface area contributed by atoms with Gasteiger partial charge < -0.3 is 24.7 Å². The molecule has 2 amide bonds. The largest absolute Gasteiger partial charge is 0.493 e. The van der Waals surface area contributed by atoms with Crippen molar-refractivity contribution < 1.29 is 24.5 Å². The number of rotatable bonds is 7. The topological polar surface area (TPSA) is 90.3 Å². The maximum absolute atomic E-state index is 13.7. The van der Waals surface area contributed by atoms with Gasteiger partial charge in [-0.05, 0) is 36.1 Å². The number of carbonyl (C=O) groups excluding carboxylic acids is 1. The van der Waals surface area contributed by atoms with E-state index >= 15 is 0 Å². The van der Waals surface area contributed by atoms with E-state index < -0.39 is 17.6 Å². The molecule has 2 aliphatic rings. The number of ether oxygens (including phenoxy) is 1. The first-order chi connectivity index (χ1) is 16.5. The number of hydrogen-bond donors (Lipinski definition) is 2. The van der Waals surface area contributed by atoms with E-state index in [4.69, 9.17) is 4.74 Å². The molecule has 2 aromatic carbocycles. The Morgan fingerprint density at radius 2 is 1.50 bits per heavy atom. The molecule has 0 spiro atoms. The number of nitrogens with zero attached hydrogens (tertiary/aromatic N) is 2. The Bertz CT molecular complexity index is 949. The highest BCUT2D eigenvalue weighted by Gasteiger charge is 2.45. The number of carboxylic acid groups (broad SMARTS) is 1. The Morgan fingerprint density at radius 3 is 2.12 bits per heavy atom. The minimum absolute atomic E-state index is 0.118. The first kappa shape index (κ1) is 24.1. The molecule has 0 aromatic heterocycles. The van der Waals surface area contributed by atoms with Crippen LogP contribution < -0.4 is 4.74 Å². The van der Waals surface area contributed by atoms with Gasteiger partial charge >= 0.3 is 6.09 Å². The lowest BCUT2D eigenvalue weighted by molar-refractivity contribution is -0.143. The average Bonchev–Trinajstić information content (AvgIpc) is 2.86. The summed E-state index contributed by atoms with van der Waals surface area (Å²) in [5.41, 5.74) is 0.910. The Morgan fingerprint density at radius 1 is 0.882 bits per heavy atom. The van der Waals surface area contributed by atoms with Crippen LogP contribution in [0.3, 0.4) is 0 Å². The van der Waals surface area contributed by atoms with Crippen LogP contribution in [0.25, 0.3) is 0 Å². The van der Waals surface area contributed by atoms with Crippen molar-refractivity contribution in [2.24, 2.45) is 0 Å². The highest BCUT2D eigenvalue weighted by molar-refractivity contribution is 5.85. The Labute approximate surface area is 200 Å². The molecule has 1 saturated carbocycles. The summed E-state index contributed by atoms with van der Waals surface area (Å²) in [6.07, 6.45) is 3.89. The van der Waals surface area contributed by atoms with Crippen LogP contribution in [0.2, 0.25) is 0 Å². The SMILES string of the molecule is O=C(O)N1CCN(C(=O)C(c2ccc(OCCc3ccccc3)cc2)C2(O)CCCCC2)CC1. The summed E-state index contributed by atoms with van der Waals surface area (Å²) in [6.45, 7) is 1.83. The number of piperazine rings is 1. The third kappa shape index (κ3) is 5.70. The Balaban J connectivity index is 1.46. The van der Waals surface area contributed by atoms with Crippen molar-refractivity contribution in [2.75, 3.05) is 32.8 Å². The predicted molar refractivity (Wildman–Crippen MR) is 129 cm³/mol. The van der Waals surface area contributed by atoms with E-state index in [-0.39, 0.29) is 5.91 Å². The molecule has 2 N–H and O–H groups in total. The third-order valence-corrected chi connectivity index (χ3v) is 7.08. The second-order valence-electron chi connectivity index (χ2n) is 9.35. The lowest BCUT2D eigenvalue weighted by atomic mass is 9.72. The summed E-state index contributed by atoms with van der Waals surface area (Å²) >= 11 is 0. The van der Waals surface area contributed by atoms with Gasteiger partial charge in [-0.1, -0.05) is 61.7 Å². The predicted octanol–water partition coefficient (Wildman–Crippen LogP) is 3.91. The minimum atomic E-state index is -1.09. The van der Waals surface area contributed by atoms with Crippen LogP contribution in [0.1, 0.15) is 49.1 Å². The fourth-order valence-electron chi connectivity index (χ4n) is 5.12. The second-order valence-corrected chi connectivity index (χ2v) is 9.35. The van der Waals surface area contributed by atoms with E-state index in [1.807, 2.05) is 42.5 Å². The molecule has 4 rings (SSSR count). The lowest BCUT2D eigenvalue weighted by Gasteiger charge is -2.42. The summed E-state index contributed by atoms with van der Waals surface area (Å²) in [7, 11) is 0. The van der Waals surface area contributed by atoms with Crippen molar-refractivity contribution in [2.45, 2.75) is 50.0 Å². The van der Waals surface area contributed by atoms with Gasteiger partial charge in [-0.15, -0.1) is 0 Å².